The number of halogens is 6. The summed E-state index contributed by atoms with van der Waals surface area (Å²) >= 11 is 1.13. The van der Waals surface area contributed by atoms with Crippen molar-refractivity contribution in [3.63, 3.8) is 0 Å². The molecule has 9 rings (SSSR count). The predicted molar refractivity (Wildman–Crippen MR) is 312 cm³/mol. The molecule has 4 saturated heterocycles. The first-order chi connectivity index (χ1) is 41.3. The third-order valence-electron chi connectivity index (χ3n) is 16.4. The summed E-state index contributed by atoms with van der Waals surface area (Å²) in [6.07, 6.45) is -5.30. The van der Waals surface area contributed by atoms with E-state index in [1.54, 1.807) is 6.92 Å². The van der Waals surface area contributed by atoms with Gasteiger partial charge in [0.1, 0.15) is 4.88 Å². The van der Waals surface area contributed by atoms with Gasteiger partial charge < -0.3 is 40.0 Å². The minimum atomic E-state index is -5.04. The fourth-order valence-electron chi connectivity index (χ4n) is 11.8. The van der Waals surface area contributed by atoms with Gasteiger partial charge in [-0.15, -0.1) is 5.10 Å². The van der Waals surface area contributed by atoms with E-state index in [-0.39, 0.29) is 30.5 Å². The van der Waals surface area contributed by atoms with E-state index < -0.39 is 77.3 Å². The van der Waals surface area contributed by atoms with Gasteiger partial charge in [-0.1, -0.05) is 90.3 Å². The van der Waals surface area contributed by atoms with Crippen LogP contribution in [-0.4, -0.2) is 185 Å². The van der Waals surface area contributed by atoms with Gasteiger partial charge in [0.25, 0.3) is 11.8 Å². The molecule has 1 aromatic heterocycles. The zero-order valence-corrected chi connectivity index (χ0v) is 49.4. The molecule has 2 atom stereocenters. The number of aliphatic hydroxyl groups is 1. The number of carboxylic acid groups (broad SMARTS) is 3. The smallest absolute Gasteiger partial charge is 0.416 e. The quantitative estimate of drug-likeness (QED) is 0.0637. The van der Waals surface area contributed by atoms with Crippen LogP contribution < -0.4 is 4.90 Å². The number of aliphatic carboxylic acids is 3. The lowest BCUT2D eigenvalue weighted by atomic mass is 9.90. The van der Waals surface area contributed by atoms with E-state index in [1.807, 2.05) is 65.3 Å². The minimum absolute atomic E-state index is 0.0144. The normalized spacial score (nSPS) is 18.6. The number of carbonyl (C=O) groups excluding carboxylic acids is 3. The molecule has 4 aliphatic heterocycles. The second-order valence-electron chi connectivity index (χ2n) is 22.3. The number of rotatable bonds is 17. The summed E-state index contributed by atoms with van der Waals surface area (Å²) in [6.45, 7) is 11.9. The molecule has 87 heavy (non-hydrogen) atoms. The molecule has 4 N–H and O–H groups in total. The van der Waals surface area contributed by atoms with Gasteiger partial charge in [0, 0.05) is 107 Å². The van der Waals surface area contributed by atoms with Gasteiger partial charge in [-0.05, 0) is 111 Å². The zero-order valence-electron chi connectivity index (χ0n) is 48.5. The van der Waals surface area contributed by atoms with Gasteiger partial charge >= 0.3 is 30.3 Å². The Labute approximate surface area is 505 Å². The van der Waals surface area contributed by atoms with Crippen molar-refractivity contribution in [2.45, 2.75) is 127 Å². The fourth-order valence-corrected chi connectivity index (χ4v) is 12.4. The maximum Gasteiger partial charge on any atom is 0.416 e. The Morgan fingerprint density at radius 2 is 1.14 bits per heavy atom. The van der Waals surface area contributed by atoms with Crippen LogP contribution in [-0.2, 0) is 44.4 Å². The minimum Gasteiger partial charge on any atom is -0.481 e. The number of nitrogens with zero attached hydrogens (tertiary/aromatic N) is 8. The Bertz CT molecular complexity index is 3030. The molecule has 4 fully saturated rings. The molecule has 4 aliphatic rings. The highest BCUT2D eigenvalue weighted by Crippen LogP contribution is 2.38. The van der Waals surface area contributed by atoms with Gasteiger partial charge in [-0.25, -0.2) is 4.79 Å². The molecule has 470 valence electrons. The number of likely N-dealkylation sites (tertiary alicyclic amines) is 3. The van der Waals surface area contributed by atoms with Gasteiger partial charge in [0.05, 0.1) is 29.7 Å². The number of amides is 3. The van der Waals surface area contributed by atoms with E-state index in [1.165, 1.54) is 10.5 Å². The summed E-state index contributed by atoms with van der Waals surface area (Å²) < 4.78 is 85.5. The fraction of sp³-hybridized carbons (Fsp3) is 0.484. The van der Waals surface area contributed by atoms with E-state index in [4.69, 9.17) is 20.4 Å². The highest BCUT2D eigenvalue weighted by atomic mass is 32.1. The van der Waals surface area contributed by atoms with Crippen LogP contribution in [0, 0.1) is 6.92 Å². The average molecular weight is 1240 g/mol. The van der Waals surface area contributed by atoms with Crippen LogP contribution in [0.5, 0.6) is 0 Å². The summed E-state index contributed by atoms with van der Waals surface area (Å²) in [6, 6.07) is 31.7. The highest BCUT2D eigenvalue weighted by Gasteiger charge is 2.43. The van der Waals surface area contributed by atoms with Crippen molar-refractivity contribution < 1.29 is 75.5 Å². The number of anilines is 1. The van der Waals surface area contributed by atoms with E-state index in [0.717, 1.165) is 101 Å². The molecular weight excluding hydrogens is 1160 g/mol. The third-order valence-corrected chi connectivity index (χ3v) is 17.3. The Kier molecular flexibility index (Phi) is 23.6. The third kappa shape index (κ3) is 18.8. The maximum absolute atomic E-state index is 13.7. The van der Waals surface area contributed by atoms with Crippen molar-refractivity contribution in [3.05, 3.63) is 148 Å². The molecule has 2 unspecified atom stereocenters. The summed E-state index contributed by atoms with van der Waals surface area (Å²) in [4.78, 5) is 83.0. The summed E-state index contributed by atoms with van der Waals surface area (Å²) in [5.41, 5.74) is -2.32. The molecular formula is C62H74F6N8O10S. The Morgan fingerprint density at radius 1 is 0.632 bits per heavy atom. The number of hydrogen-bond donors (Lipinski definition) is 4. The average Bonchev–Trinajstić information content (AvgIpc) is 3.66. The van der Waals surface area contributed by atoms with Gasteiger partial charge in [0.15, 0.2) is 5.60 Å². The van der Waals surface area contributed by atoms with Crippen LogP contribution in [0.2, 0.25) is 0 Å². The Morgan fingerprint density at radius 3 is 1.62 bits per heavy atom. The van der Waals surface area contributed by atoms with Crippen LogP contribution in [0.3, 0.4) is 0 Å². The SMILES string of the molecule is CCC(=O)N(c1ccccc1)C1CCN(CCc2ccccc2)CC1.Cc1nnsc1C(=O)N1CCC(N2CCN(C3CCN(C(=O)c4cc(C(F)(F)F)cc(C(F)(F)F)c4)C(Cc4ccccc4)C3)CC2)CC1.O=C(O)CC(O)(CC(=O)O)C(=O)O. The molecule has 0 spiro atoms. The molecule has 18 nitrogen and oxygen atoms in total. The van der Waals surface area contributed by atoms with Crippen molar-refractivity contribution in [2.75, 3.05) is 70.3 Å². The van der Waals surface area contributed by atoms with E-state index in [9.17, 15) is 55.1 Å². The summed E-state index contributed by atoms with van der Waals surface area (Å²) in [5.74, 6) is -5.63. The molecule has 3 amide bonds. The van der Waals surface area contributed by atoms with Gasteiger partial charge in [-0.3, -0.25) is 33.8 Å². The van der Waals surface area contributed by atoms with E-state index in [0.29, 0.717) is 73.6 Å². The number of aryl methyl sites for hydroxylation is 1. The first kappa shape index (κ1) is 67.2. The second kappa shape index (κ2) is 30.5. The number of benzene rings is 4. The van der Waals surface area contributed by atoms with E-state index in [2.05, 4.69) is 66.8 Å². The number of para-hydroxylation sites is 1. The molecule has 0 saturated carbocycles. The number of alkyl halides is 6. The number of carbonyl (C=O) groups is 6. The molecule has 4 aromatic carbocycles. The number of piperazine rings is 1. The lowest BCUT2D eigenvalue weighted by Crippen LogP contribution is -2.58. The second-order valence-corrected chi connectivity index (χ2v) is 23.1. The largest absolute Gasteiger partial charge is 0.481 e. The van der Waals surface area contributed by atoms with Gasteiger partial charge in [0.2, 0.25) is 5.91 Å². The Hall–Kier alpha value is -7.32. The van der Waals surface area contributed by atoms with Crippen LogP contribution in [0.1, 0.15) is 113 Å². The van der Waals surface area contributed by atoms with Crippen molar-refractivity contribution in [3.8, 4) is 0 Å². The van der Waals surface area contributed by atoms with Crippen molar-refractivity contribution in [2.24, 2.45) is 0 Å². The first-order valence-corrected chi connectivity index (χ1v) is 29.8. The Balaban J connectivity index is 0.000000235. The highest BCUT2D eigenvalue weighted by molar-refractivity contribution is 7.08. The van der Waals surface area contributed by atoms with Crippen molar-refractivity contribution in [1.29, 1.82) is 0 Å². The summed E-state index contributed by atoms with van der Waals surface area (Å²) in [7, 11) is 0. The first-order valence-electron chi connectivity index (χ1n) is 29.1. The molecule has 0 aliphatic carbocycles. The maximum atomic E-state index is 13.7. The lowest BCUT2D eigenvalue weighted by molar-refractivity contribution is -0.170. The number of hydrogen-bond acceptors (Lipinski definition) is 13. The van der Waals surface area contributed by atoms with Crippen LogP contribution in [0.15, 0.2) is 109 Å². The molecule has 5 aromatic rings. The summed E-state index contributed by atoms with van der Waals surface area (Å²) in [5, 5.41) is 37.8. The number of aromatic nitrogens is 2. The molecule has 0 bridgehead atoms. The molecule has 0 radical (unpaired) electrons. The lowest BCUT2D eigenvalue weighted by Gasteiger charge is -2.48. The van der Waals surface area contributed by atoms with Crippen LogP contribution in [0.4, 0.5) is 32.0 Å². The van der Waals surface area contributed by atoms with Crippen LogP contribution in [0.25, 0.3) is 0 Å². The standard InChI is InChI=1S/C34H38F6N6O2S.C22H28N2O.C6H8O7/c1-22-30(49-42-41-22)32(48)45-10-7-27(8-11-45)43-13-15-44(16-14-43)28-9-12-46(29(21-28)17-23-5-3-2-4-6-23)31(47)24-18-25(33(35,36)37)20-26(19-24)34(38,39)40;1-2-22(25)24(20-11-7-4-8-12-20)21-14-17-23(18-15-21)16-13-19-9-5-3-6-10-19;7-3(8)1-6(13,5(11)12)2-4(9)10/h2-6,18-20,27-29H,7-17,21H2,1H3;3-12,21H,2,13-18H2,1H3;13H,1-2H2,(H,7,8)(H,9,10)(H,11,12). The van der Waals surface area contributed by atoms with Gasteiger partial charge in [-0.2, -0.15) is 26.3 Å². The predicted octanol–water partition coefficient (Wildman–Crippen LogP) is 8.91. The number of piperidine rings is 3. The number of carboxylic acids is 3. The van der Waals surface area contributed by atoms with Crippen LogP contribution >= 0.6 is 11.5 Å². The van der Waals surface area contributed by atoms with Crippen molar-refractivity contribution >= 4 is 52.8 Å². The topological polar surface area (TPSA) is 229 Å². The van der Waals surface area contributed by atoms with E-state index >= 15 is 0 Å². The molecule has 5 heterocycles. The van der Waals surface area contributed by atoms with Crippen molar-refractivity contribution in [1.82, 2.24) is 34.1 Å². The molecule has 25 heteroatoms. The monoisotopic (exact) mass is 1240 g/mol. The zero-order chi connectivity index (χ0) is 63.1.